The standard InChI is InChI=1S/C11H18N4O2/c1-11(2,16)7-15(3)8-4-5-13-9(6-8)10(12)14-17/h4-6,16-17H,7H2,1-3H3,(H2,12,14). The van der Waals surface area contributed by atoms with E-state index in [4.69, 9.17) is 10.9 Å². The van der Waals surface area contributed by atoms with Crippen LogP contribution in [0.2, 0.25) is 0 Å². The second-order valence-corrected chi connectivity index (χ2v) is 4.55. The van der Waals surface area contributed by atoms with Gasteiger partial charge in [0.25, 0.3) is 0 Å². The van der Waals surface area contributed by atoms with Gasteiger partial charge in [-0.3, -0.25) is 4.98 Å². The lowest BCUT2D eigenvalue weighted by molar-refractivity contribution is 0.0886. The van der Waals surface area contributed by atoms with Crippen LogP contribution in [0.1, 0.15) is 19.5 Å². The van der Waals surface area contributed by atoms with Crippen LogP contribution in [0.3, 0.4) is 0 Å². The quantitative estimate of drug-likeness (QED) is 0.305. The number of anilines is 1. The van der Waals surface area contributed by atoms with E-state index in [1.807, 2.05) is 11.9 Å². The van der Waals surface area contributed by atoms with Crippen molar-refractivity contribution < 1.29 is 10.3 Å². The van der Waals surface area contributed by atoms with Crippen molar-refractivity contribution in [1.29, 1.82) is 0 Å². The van der Waals surface area contributed by atoms with E-state index in [1.165, 1.54) is 0 Å². The molecule has 4 N–H and O–H groups in total. The summed E-state index contributed by atoms with van der Waals surface area (Å²) >= 11 is 0. The molecule has 0 fully saturated rings. The summed E-state index contributed by atoms with van der Waals surface area (Å²) in [5.74, 6) is -0.0384. The minimum atomic E-state index is -0.797. The minimum absolute atomic E-state index is 0.0384. The Balaban J connectivity index is 2.92. The monoisotopic (exact) mass is 238 g/mol. The second kappa shape index (κ2) is 5.01. The van der Waals surface area contributed by atoms with Crippen molar-refractivity contribution in [3.8, 4) is 0 Å². The van der Waals surface area contributed by atoms with Crippen molar-refractivity contribution in [1.82, 2.24) is 4.98 Å². The average molecular weight is 238 g/mol. The van der Waals surface area contributed by atoms with Crippen LogP contribution in [0.25, 0.3) is 0 Å². The number of rotatable bonds is 4. The van der Waals surface area contributed by atoms with Gasteiger partial charge in [-0.15, -0.1) is 0 Å². The molecule has 0 aliphatic heterocycles. The molecule has 0 amide bonds. The van der Waals surface area contributed by atoms with E-state index in [0.29, 0.717) is 12.2 Å². The zero-order valence-corrected chi connectivity index (χ0v) is 10.3. The summed E-state index contributed by atoms with van der Waals surface area (Å²) in [6.45, 7) is 3.93. The van der Waals surface area contributed by atoms with Crippen molar-refractivity contribution in [3.63, 3.8) is 0 Å². The average Bonchev–Trinajstić information content (AvgIpc) is 2.26. The van der Waals surface area contributed by atoms with E-state index >= 15 is 0 Å². The Morgan fingerprint density at radius 2 is 2.24 bits per heavy atom. The lowest BCUT2D eigenvalue weighted by Gasteiger charge is -2.27. The first kappa shape index (κ1) is 13.2. The highest BCUT2D eigenvalue weighted by molar-refractivity contribution is 5.95. The first-order valence-corrected chi connectivity index (χ1v) is 5.21. The molecule has 1 aromatic rings. The molecule has 1 aromatic heterocycles. The number of oxime groups is 1. The molecule has 6 heteroatoms. The number of amidine groups is 1. The van der Waals surface area contributed by atoms with Gasteiger partial charge < -0.3 is 20.9 Å². The Kier molecular flexibility index (Phi) is 3.90. The van der Waals surface area contributed by atoms with E-state index in [9.17, 15) is 5.11 Å². The van der Waals surface area contributed by atoms with Crippen LogP contribution in [-0.4, -0.2) is 40.3 Å². The van der Waals surface area contributed by atoms with E-state index in [0.717, 1.165) is 5.69 Å². The van der Waals surface area contributed by atoms with E-state index in [2.05, 4.69) is 10.1 Å². The van der Waals surface area contributed by atoms with Crippen molar-refractivity contribution in [2.45, 2.75) is 19.4 Å². The van der Waals surface area contributed by atoms with Crippen LogP contribution in [0.4, 0.5) is 5.69 Å². The summed E-state index contributed by atoms with van der Waals surface area (Å²) in [6.07, 6.45) is 1.57. The minimum Gasteiger partial charge on any atom is -0.409 e. The molecule has 0 saturated heterocycles. The first-order valence-electron chi connectivity index (χ1n) is 5.21. The zero-order chi connectivity index (χ0) is 13.1. The number of nitrogens with two attached hydrogens (primary N) is 1. The fraction of sp³-hybridized carbons (Fsp3) is 0.455. The van der Waals surface area contributed by atoms with Crippen molar-refractivity contribution in [2.75, 3.05) is 18.5 Å². The zero-order valence-electron chi connectivity index (χ0n) is 10.3. The number of aliphatic hydroxyl groups is 1. The van der Waals surface area contributed by atoms with Gasteiger partial charge in [-0.1, -0.05) is 5.16 Å². The molecular formula is C11H18N4O2. The van der Waals surface area contributed by atoms with E-state index in [1.54, 1.807) is 32.2 Å². The molecule has 0 aliphatic rings. The van der Waals surface area contributed by atoms with Gasteiger partial charge in [0, 0.05) is 25.5 Å². The van der Waals surface area contributed by atoms with Crippen LogP contribution in [0.15, 0.2) is 23.5 Å². The Morgan fingerprint density at radius 3 is 2.76 bits per heavy atom. The third kappa shape index (κ3) is 3.92. The molecule has 0 radical (unpaired) electrons. The Morgan fingerprint density at radius 1 is 1.59 bits per heavy atom. The van der Waals surface area contributed by atoms with Gasteiger partial charge in [0.15, 0.2) is 5.84 Å². The maximum Gasteiger partial charge on any atom is 0.188 e. The normalized spacial score (nSPS) is 12.6. The van der Waals surface area contributed by atoms with Crippen LogP contribution < -0.4 is 10.6 Å². The number of nitrogens with zero attached hydrogens (tertiary/aromatic N) is 3. The molecule has 0 saturated carbocycles. The molecule has 1 heterocycles. The van der Waals surface area contributed by atoms with Crippen LogP contribution >= 0.6 is 0 Å². The smallest absolute Gasteiger partial charge is 0.188 e. The molecule has 1 rings (SSSR count). The number of aromatic nitrogens is 1. The first-order chi connectivity index (χ1) is 7.83. The van der Waals surface area contributed by atoms with Gasteiger partial charge in [-0.25, -0.2) is 0 Å². The largest absolute Gasteiger partial charge is 0.409 e. The van der Waals surface area contributed by atoms with E-state index < -0.39 is 5.60 Å². The van der Waals surface area contributed by atoms with Gasteiger partial charge in [0.05, 0.1) is 5.60 Å². The summed E-state index contributed by atoms with van der Waals surface area (Å²) in [5.41, 5.74) is 5.90. The van der Waals surface area contributed by atoms with Gasteiger partial charge in [0.1, 0.15) is 5.69 Å². The molecule has 6 nitrogen and oxygen atoms in total. The predicted molar refractivity (Wildman–Crippen MR) is 66.3 cm³/mol. The molecular weight excluding hydrogens is 220 g/mol. The van der Waals surface area contributed by atoms with Crippen LogP contribution in [0.5, 0.6) is 0 Å². The van der Waals surface area contributed by atoms with Gasteiger partial charge in [-0.05, 0) is 26.0 Å². The summed E-state index contributed by atoms with van der Waals surface area (Å²) in [5, 5.41) is 21.2. The fourth-order valence-corrected chi connectivity index (χ4v) is 1.52. The van der Waals surface area contributed by atoms with E-state index in [-0.39, 0.29) is 5.84 Å². The van der Waals surface area contributed by atoms with Crippen molar-refractivity contribution >= 4 is 11.5 Å². The lowest BCUT2D eigenvalue weighted by atomic mass is 10.1. The predicted octanol–water partition coefficient (Wildman–Crippen LogP) is 0.383. The van der Waals surface area contributed by atoms with Crippen molar-refractivity contribution in [2.24, 2.45) is 10.9 Å². The molecule has 94 valence electrons. The molecule has 0 atom stereocenters. The highest BCUT2D eigenvalue weighted by Gasteiger charge is 2.16. The Hall–Kier alpha value is -1.82. The third-order valence-corrected chi connectivity index (χ3v) is 2.18. The SMILES string of the molecule is CN(CC(C)(C)O)c1ccnc(C(N)=NO)c1. The van der Waals surface area contributed by atoms with Crippen LogP contribution in [0, 0.1) is 0 Å². The number of hydrogen-bond acceptors (Lipinski definition) is 5. The molecule has 0 bridgehead atoms. The van der Waals surface area contributed by atoms with Crippen molar-refractivity contribution in [3.05, 3.63) is 24.0 Å². The summed E-state index contributed by atoms with van der Waals surface area (Å²) in [7, 11) is 1.85. The Bertz CT molecular complexity index is 412. The molecule has 0 aromatic carbocycles. The third-order valence-electron chi connectivity index (χ3n) is 2.18. The van der Waals surface area contributed by atoms with Gasteiger partial charge in [0.2, 0.25) is 0 Å². The lowest BCUT2D eigenvalue weighted by Crippen LogP contribution is -2.36. The highest BCUT2D eigenvalue weighted by Crippen LogP contribution is 2.15. The Labute approximate surface area is 100 Å². The topological polar surface area (TPSA) is 95.0 Å². The molecule has 0 spiro atoms. The number of pyridine rings is 1. The molecule has 0 unspecified atom stereocenters. The molecule has 0 aliphatic carbocycles. The number of likely N-dealkylation sites (N-methyl/N-ethyl adjacent to an activating group) is 1. The maximum absolute atomic E-state index is 9.73. The van der Waals surface area contributed by atoms with Crippen LogP contribution in [-0.2, 0) is 0 Å². The fourth-order valence-electron chi connectivity index (χ4n) is 1.52. The summed E-state index contributed by atoms with van der Waals surface area (Å²) in [6, 6.07) is 3.49. The highest BCUT2D eigenvalue weighted by atomic mass is 16.4. The maximum atomic E-state index is 9.73. The van der Waals surface area contributed by atoms with Gasteiger partial charge in [-0.2, -0.15) is 0 Å². The number of hydrogen-bond donors (Lipinski definition) is 3. The summed E-state index contributed by atoms with van der Waals surface area (Å²) < 4.78 is 0. The summed E-state index contributed by atoms with van der Waals surface area (Å²) in [4.78, 5) is 5.85. The second-order valence-electron chi connectivity index (χ2n) is 4.55. The molecule has 17 heavy (non-hydrogen) atoms. The van der Waals surface area contributed by atoms with Gasteiger partial charge >= 0.3 is 0 Å².